The highest BCUT2D eigenvalue weighted by Crippen LogP contribution is 2.25. The van der Waals surface area contributed by atoms with Gasteiger partial charge < -0.3 is 10.6 Å². The Labute approximate surface area is 104 Å². The second kappa shape index (κ2) is 5.09. The standard InChI is InChI=1S/C15H22N2/c1-2-6-13(5-1)16-10-8-12-4-3-7-15-14(12)9-11-17-15/h3-4,7,13,16-17H,1-2,5-6,8-11H2. The first-order valence-electron chi connectivity index (χ1n) is 7.01. The minimum atomic E-state index is 0.796. The van der Waals surface area contributed by atoms with E-state index in [9.17, 15) is 0 Å². The van der Waals surface area contributed by atoms with Crippen LogP contribution < -0.4 is 10.6 Å². The van der Waals surface area contributed by atoms with E-state index in [4.69, 9.17) is 0 Å². The summed E-state index contributed by atoms with van der Waals surface area (Å²) in [6, 6.07) is 7.48. The number of anilines is 1. The lowest BCUT2D eigenvalue weighted by molar-refractivity contribution is 0.527. The van der Waals surface area contributed by atoms with E-state index in [0.717, 1.165) is 19.1 Å². The second-order valence-electron chi connectivity index (χ2n) is 5.31. The van der Waals surface area contributed by atoms with Crippen LogP contribution in [0.4, 0.5) is 5.69 Å². The molecule has 17 heavy (non-hydrogen) atoms. The average Bonchev–Trinajstić information content (AvgIpc) is 2.99. The molecule has 1 saturated carbocycles. The Morgan fingerprint density at radius 3 is 3.00 bits per heavy atom. The summed E-state index contributed by atoms with van der Waals surface area (Å²) in [5.74, 6) is 0. The van der Waals surface area contributed by atoms with Crippen LogP contribution >= 0.6 is 0 Å². The van der Waals surface area contributed by atoms with Crippen molar-refractivity contribution in [2.24, 2.45) is 0 Å². The monoisotopic (exact) mass is 230 g/mol. The minimum absolute atomic E-state index is 0.796. The molecule has 1 fully saturated rings. The van der Waals surface area contributed by atoms with Gasteiger partial charge in [-0.05, 0) is 49.4 Å². The Kier molecular flexibility index (Phi) is 3.32. The maximum absolute atomic E-state index is 3.70. The van der Waals surface area contributed by atoms with Crippen molar-refractivity contribution < 1.29 is 0 Å². The first-order valence-corrected chi connectivity index (χ1v) is 7.01. The fourth-order valence-electron chi connectivity index (χ4n) is 3.19. The number of benzene rings is 1. The van der Waals surface area contributed by atoms with Crippen molar-refractivity contribution in [2.75, 3.05) is 18.4 Å². The molecule has 1 aromatic rings. The Balaban J connectivity index is 1.56. The summed E-state index contributed by atoms with van der Waals surface area (Å²) in [5, 5.41) is 7.15. The van der Waals surface area contributed by atoms with Crippen LogP contribution in [0, 0.1) is 0 Å². The molecule has 92 valence electrons. The van der Waals surface area contributed by atoms with E-state index >= 15 is 0 Å². The highest BCUT2D eigenvalue weighted by atomic mass is 14.9. The summed E-state index contributed by atoms with van der Waals surface area (Å²) in [6.45, 7) is 2.25. The van der Waals surface area contributed by atoms with E-state index in [1.54, 1.807) is 5.56 Å². The molecule has 3 rings (SSSR count). The fourth-order valence-corrected chi connectivity index (χ4v) is 3.19. The van der Waals surface area contributed by atoms with Gasteiger partial charge in [0.05, 0.1) is 0 Å². The van der Waals surface area contributed by atoms with Gasteiger partial charge in [-0.25, -0.2) is 0 Å². The van der Waals surface area contributed by atoms with Crippen molar-refractivity contribution in [1.29, 1.82) is 0 Å². The maximum Gasteiger partial charge on any atom is 0.0376 e. The summed E-state index contributed by atoms with van der Waals surface area (Å²) >= 11 is 0. The summed E-state index contributed by atoms with van der Waals surface area (Å²) in [4.78, 5) is 0. The first-order chi connectivity index (χ1) is 8.43. The molecular formula is C15H22N2. The molecule has 2 heteroatoms. The van der Waals surface area contributed by atoms with E-state index in [2.05, 4.69) is 28.8 Å². The van der Waals surface area contributed by atoms with E-state index in [-0.39, 0.29) is 0 Å². The van der Waals surface area contributed by atoms with E-state index < -0.39 is 0 Å². The molecule has 0 bridgehead atoms. The van der Waals surface area contributed by atoms with Crippen LogP contribution in [0.3, 0.4) is 0 Å². The van der Waals surface area contributed by atoms with Crippen LogP contribution in [-0.4, -0.2) is 19.1 Å². The molecule has 0 amide bonds. The molecule has 1 aliphatic heterocycles. The highest BCUT2D eigenvalue weighted by Gasteiger charge is 2.15. The normalized spacial score (nSPS) is 19.3. The molecule has 0 spiro atoms. The van der Waals surface area contributed by atoms with Gasteiger partial charge in [0.1, 0.15) is 0 Å². The summed E-state index contributed by atoms with van der Waals surface area (Å²) in [7, 11) is 0. The third-order valence-corrected chi connectivity index (χ3v) is 4.15. The number of rotatable bonds is 4. The molecule has 0 radical (unpaired) electrons. The lowest BCUT2D eigenvalue weighted by Crippen LogP contribution is -2.28. The van der Waals surface area contributed by atoms with Gasteiger partial charge in [0.2, 0.25) is 0 Å². The van der Waals surface area contributed by atoms with Gasteiger partial charge in [0.15, 0.2) is 0 Å². The highest BCUT2D eigenvalue weighted by molar-refractivity contribution is 5.58. The Hall–Kier alpha value is -1.02. The van der Waals surface area contributed by atoms with Gasteiger partial charge >= 0.3 is 0 Å². The van der Waals surface area contributed by atoms with Crippen LogP contribution in [0.15, 0.2) is 18.2 Å². The predicted molar refractivity (Wildman–Crippen MR) is 72.6 cm³/mol. The lowest BCUT2D eigenvalue weighted by atomic mass is 10.0. The van der Waals surface area contributed by atoms with Crippen molar-refractivity contribution in [3.8, 4) is 0 Å². The van der Waals surface area contributed by atoms with Crippen LogP contribution in [-0.2, 0) is 12.8 Å². The number of hydrogen-bond acceptors (Lipinski definition) is 2. The molecule has 1 heterocycles. The smallest absolute Gasteiger partial charge is 0.0376 e. The number of nitrogens with one attached hydrogen (secondary N) is 2. The van der Waals surface area contributed by atoms with Gasteiger partial charge in [-0.1, -0.05) is 25.0 Å². The SMILES string of the molecule is c1cc(CCNC2CCCC2)c2c(c1)NCC2. The zero-order valence-corrected chi connectivity index (χ0v) is 10.5. The summed E-state index contributed by atoms with van der Waals surface area (Å²) < 4.78 is 0. The molecule has 2 N–H and O–H groups in total. The van der Waals surface area contributed by atoms with Crippen LogP contribution in [0.2, 0.25) is 0 Å². The van der Waals surface area contributed by atoms with Crippen LogP contribution in [0.25, 0.3) is 0 Å². The van der Waals surface area contributed by atoms with Gasteiger partial charge in [-0.15, -0.1) is 0 Å². The molecule has 0 saturated heterocycles. The third kappa shape index (κ3) is 2.47. The average molecular weight is 230 g/mol. The van der Waals surface area contributed by atoms with Crippen LogP contribution in [0.1, 0.15) is 36.8 Å². The zero-order chi connectivity index (χ0) is 11.5. The predicted octanol–water partition coefficient (Wildman–Crippen LogP) is 2.73. The third-order valence-electron chi connectivity index (χ3n) is 4.15. The van der Waals surface area contributed by atoms with Crippen molar-refractivity contribution in [1.82, 2.24) is 5.32 Å². The van der Waals surface area contributed by atoms with E-state index in [1.807, 2.05) is 0 Å². The molecule has 0 atom stereocenters. The number of fused-ring (bicyclic) bond motifs is 1. The van der Waals surface area contributed by atoms with Gasteiger partial charge in [0.25, 0.3) is 0 Å². The molecule has 1 aliphatic carbocycles. The summed E-state index contributed by atoms with van der Waals surface area (Å²) in [5.41, 5.74) is 4.46. The maximum atomic E-state index is 3.70. The quantitative estimate of drug-likeness (QED) is 0.831. The van der Waals surface area contributed by atoms with Gasteiger partial charge in [0, 0.05) is 18.3 Å². The van der Waals surface area contributed by atoms with E-state index in [1.165, 1.54) is 49.8 Å². The molecule has 2 aliphatic rings. The molecular weight excluding hydrogens is 208 g/mol. The Morgan fingerprint density at radius 1 is 1.24 bits per heavy atom. The lowest BCUT2D eigenvalue weighted by Gasteiger charge is -2.13. The molecule has 1 aromatic carbocycles. The Morgan fingerprint density at radius 2 is 2.12 bits per heavy atom. The fraction of sp³-hybridized carbons (Fsp3) is 0.600. The van der Waals surface area contributed by atoms with Crippen LogP contribution in [0.5, 0.6) is 0 Å². The summed E-state index contributed by atoms with van der Waals surface area (Å²) in [6.07, 6.45) is 7.99. The second-order valence-corrected chi connectivity index (χ2v) is 5.31. The molecule has 0 aromatic heterocycles. The topological polar surface area (TPSA) is 24.1 Å². The van der Waals surface area contributed by atoms with Gasteiger partial charge in [-0.2, -0.15) is 0 Å². The van der Waals surface area contributed by atoms with Crippen molar-refractivity contribution >= 4 is 5.69 Å². The van der Waals surface area contributed by atoms with E-state index in [0.29, 0.717) is 0 Å². The Bertz CT molecular complexity index is 381. The van der Waals surface area contributed by atoms with Crippen molar-refractivity contribution in [3.63, 3.8) is 0 Å². The number of hydrogen-bond donors (Lipinski definition) is 2. The minimum Gasteiger partial charge on any atom is -0.384 e. The van der Waals surface area contributed by atoms with Crippen molar-refractivity contribution in [2.45, 2.75) is 44.6 Å². The molecule has 2 nitrogen and oxygen atoms in total. The molecule has 0 unspecified atom stereocenters. The largest absolute Gasteiger partial charge is 0.384 e. The van der Waals surface area contributed by atoms with Crippen molar-refractivity contribution in [3.05, 3.63) is 29.3 Å². The van der Waals surface area contributed by atoms with Gasteiger partial charge in [-0.3, -0.25) is 0 Å². The zero-order valence-electron chi connectivity index (χ0n) is 10.5. The first kappa shape index (κ1) is 11.1.